The molecule has 4 heterocycles. The average Bonchev–Trinajstić information content (AvgIpc) is 3.66. The third kappa shape index (κ3) is 5.94. The lowest BCUT2D eigenvalue weighted by atomic mass is 10.0. The van der Waals surface area contributed by atoms with E-state index < -0.39 is 6.09 Å². The Hall–Kier alpha value is -4.38. The standard InChI is InChI=1S/C20H15ClN8O3.C6H12/c1-29-9-11(7-24-29)10-4-13-14(8-23-17(13)22-6-10)18-27-28-19(32-18)26-16-3-2-12(5-15(16)21)25-20(30)31;1-2-4-6-5-3-1/h2-9,25H,1H3,(H,22,23)(H,26,28)(H,30,31);1-6H2. The summed E-state index contributed by atoms with van der Waals surface area (Å²) in [5.74, 6) is 0.296. The summed E-state index contributed by atoms with van der Waals surface area (Å²) in [6.45, 7) is 0. The predicted molar refractivity (Wildman–Crippen MR) is 146 cm³/mol. The smallest absolute Gasteiger partial charge is 0.409 e. The number of anilines is 3. The van der Waals surface area contributed by atoms with E-state index in [2.05, 4.69) is 35.9 Å². The van der Waals surface area contributed by atoms with Crippen LogP contribution in [0.1, 0.15) is 38.5 Å². The topological polar surface area (TPSA) is 147 Å². The number of pyridine rings is 1. The summed E-state index contributed by atoms with van der Waals surface area (Å²) in [5.41, 5.74) is 4.06. The van der Waals surface area contributed by atoms with Gasteiger partial charge < -0.3 is 19.8 Å². The fourth-order valence-electron chi connectivity index (χ4n) is 4.28. The number of carbonyl (C=O) groups is 1. The molecule has 0 bridgehead atoms. The van der Waals surface area contributed by atoms with Crippen LogP contribution in [-0.4, -0.2) is 41.1 Å². The molecule has 12 heteroatoms. The Balaban J connectivity index is 0.000000433. The van der Waals surface area contributed by atoms with Crippen LogP contribution in [0.2, 0.25) is 5.02 Å². The number of hydrogen-bond donors (Lipinski definition) is 4. The molecule has 0 radical (unpaired) electrons. The maximum atomic E-state index is 10.8. The van der Waals surface area contributed by atoms with Crippen LogP contribution in [-0.2, 0) is 7.05 Å². The molecule has 0 atom stereocenters. The van der Waals surface area contributed by atoms with E-state index in [9.17, 15) is 4.79 Å². The molecule has 11 nitrogen and oxygen atoms in total. The molecule has 5 aromatic rings. The summed E-state index contributed by atoms with van der Waals surface area (Å²) >= 11 is 6.22. The number of H-pyrrole nitrogens is 1. The summed E-state index contributed by atoms with van der Waals surface area (Å²) < 4.78 is 7.50. The highest BCUT2D eigenvalue weighted by Gasteiger charge is 2.16. The fourth-order valence-corrected chi connectivity index (χ4v) is 4.51. The molecular weight excluding hydrogens is 508 g/mol. The van der Waals surface area contributed by atoms with E-state index in [1.54, 1.807) is 35.4 Å². The third-order valence-corrected chi connectivity index (χ3v) is 6.50. The van der Waals surface area contributed by atoms with Crippen molar-refractivity contribution in [2.75, 3.05) is 10.6 Å². The first-order valence-electron chi connectivity index (χ1n) is 12.3. The minimum Gasteiger partial charge on any atom is -0.465 e. The lowest BCUT2D eigenvalue weighted by Gasteiger charge is -2.06. The molecule has 1 fully saturated rings. The van der Waals surface area contributed by atoms with Crippen LogP contribution in [0.3, 0.4) is 0 Å². The van der Waals surface area contributed by atoms with Crippen molar-refractivity contribution in [1.82, 2.24) is 29.9 Å². The number of hydrogen-bond acceptors (Lipinski definition) is 7. The van der Waals surface area contributed by atoms with Crippen molar-refractivity contribution in [3.63, 3.8) is 0 Å². The van der Waals surface area contributed by atoms with Gasteiger partial charge in [0.15, 0.2) is 0 Å². The Labute approximate surface area is 223 Å². The van der Waals surface area contributed by atoms with Crippen LogP contribution in [0.15, 0.2) is 53.5 Å². The average molecular weight is 535 g/mol. The first-order valence-corrected chi connectivity index (χ1v) is 12.7. The van der Waals surface area contributed by atoms with E-state index in [4.69, 9.17) is 21.1 Å². The Bertz CT molecular complexity index is 1540. The van der Waals surface area contributed by atoms with Gasteiger partial charge in [-0.3, -0.25) is 10.00 Å². The van der Waals surface area contributed by atoms with Crippen LogP contribution in [0.4, 0.5) is 22.2 Å². The van der Waals surface area contributed by atoms with Crippen molar-refractivity contribution in [2.45, 2.75) is 38.5 Å². The zero-order valence-corrected chi connectivity index (χ0v) is 21.5. The van der Waals surface area contributed by atoms with Crippen LogP contribution in [0.25, 0.3) is 33.6 Å². The SMILES string of the molecule is C1CCCCC1.Cn1cc(-c2cnc3[nH]cc(-c4nnc(Nc5ccc(NC(=O)O)cc5Cl)o4)c3c2)cn1. The van der Waals surface area contributed by atoms with Crippen molar-refractivity contribution in [3.8, 4) is 22.6 Å². The largest absolute Gasteiger partial charge is 0.465 e. The molecule has 1 aliphatic rings. The van der Waals surface area contributed by atoms with Crippen molar-refractivity contribution in [3.05, 3.63) is 54.1 Å². The van der Waals surface area contributed by atoms with Gasteiger partial charge in [-0.25, -0.2) is 9.78 Å². The van der Waals surface area contributed by atoms with Crippen molar-refractivity contribution in [2.24, 2.45) is 7.05 Å². The second-order valence-corrected chi connectivity index (χ2v) is 9.42. The number of nitrogens with zero attached hydrogens (tertiary/aromatic N) is 5. The molecule has 0 unspecified atom stereocenters. The maximum Gasteiger partial charge on any atom is 0.409 e. The van der Waals surface area contributed by atoms with Gasteiger partial charge in [0.1, 0.15) is 5.65 Å². The molecule has 0 saturated heterocycles. The number of fused-ring (bicyclic) bond motifs is 1. The second-order valence-electron chi connectivity index (χ2n) is 9.01. The van der Waals surface area contributed by atoms with Gasteiger partial charge in [0.05, 0.1) is 22.5 Å². The Morgan fingerprint density at radius 2 is 1.84 bits per heavy atom. The number of aromatic amines is 1. The number of aryl methyl sites for hydroxylation is 1. The van der Waals surface area contributed by atoms with Crippen molar-refractivity contribution >= 4 is 46.1 Å². The minimum absolute atomic E-state index is 0.131. The minimum atomic E-state index is -1.18. The molecule has 0 spiro atoms. The van der Waals surface area contributed by atoms with Crippen molar-refractivity contribution in [1.29, 1.82) is 0 Å². The van der Waals surface area contributed by atoms with E-state index in [1.165, 1.54) is 44.6 Å². The van der Waals surface area contributed by atoms with Gasteiger partial charge in [-0.05, 0) is 24.3 Å². The molecule has 1 aromatic carbocycles. The molecule has 1 saturated carbocycles. The van der Waals surface area contributed by atoms with Gasteiger partial charge in [0.2, 0.25) is 0 Å². The summed E-state index contributed by atoms with van der Waals surface area (Å²) in [6.07, 6.45) is 15.0. The first-order chi connectivity index (χ1) is 18.5. The van der Waals surface area contributed by atoms with Crippen molar-refractivity contribution < 1.29 is 14.3 Å². The highest BCUT2D eigenvalue weighted by atomic mass is 35.5. The Morgan fingerprint density at radius 3 is 2.50 bits per heavy atom. The highest BCUT2D eigenvalue weighted by molar-refractivity contribution is 6.33. The van der Waals surface area contributed by atoms with Crippen LogP contribution in [0.5, 0.6) is 0 Å². The van der Waals surface area contributed by atoms with Crippen LogP contribution < -0.4 is 10.6 Å². The molecule has 6 rings (SSSR count). The van der Waals surface area contributed by atoms with E-state index >= 15 is 0 Å². The molecule has 196 valence electrons. The summed E-state index contributed by atoms with van der Waals surface area (Å²) in [6, 6.07) is 6.75. The third-order valence-electron chi connectivity index (χ3n) is 6.19. The van der Waals surface area contributed by atoms with Gasteiger partial charge in [-0.2, -0.15) is 5.10 Å². The summed E-state index contributed by atoms with van der Waals surface area (Å²) in [5, 5.41) is 27.4. The number of nitrogens with one attached hydrogen (secondary N) is 3. The van der Waals surface area contributed by atoms with E-state index in [1.807, 2.05) is 19.3 Å². The zero-order valence-electron chi connectivity index (χ0n) is 20.7. The van der Waals surface area contributed by atoms with Gasteiger partial charge in [0, 0.05) is 47.8 Å². The van der Waals surface area contributed by atoms with E-state index in [0.29, 0.717) is 28.5 Å². The van der Waals surface area contributed by atoms with Crippen LogP contribution in [0, 0.1) is 0 Å². The Morgan fingerprint density at radius 1 is 1.08 bits per heavy atom. The second kappa shape index (κ2) is 11.3. The normalized spacial score (nSPS) is 13.1. The maximum absolute atomic E-state index is 10.8. The first kappa shape index (κ1) is 25.3. The number of benzene rings is 1. The predicted octanol–water partition coefficient (Wildman–Crippen LogP) is 6.84. The number of rotatable bonds is 5. The molecule has 1 amide bonds. The number of aromatic nitrogens is 6. The summed E-state index contributed by atoms with van der Waals surface area (Å²) in [4.78, 5) is 18.3. The zero-order chi connectivity index (χ0) is 26.5. The number of carboxylic acid groups (broad SMARTS) is 1. The molecule has 1 aliphatic carbocycles. The highest BCUT2D eigenvalue weighted by Crippen LogP contribution is 2.33. The molecule has 4 N–H and O–H groups in total. The number of amides is 1. The molecule has 38 heavy (non-hydrogen) atoms. The lowest BCUT2D eigenvalue weighted by molar-refractivity contribution is 0.209. The summed E-state index contributed by atoms with van der Waals surface area (Å²) in [7, 11) is 1.85. The van der Waals surface area contributed by atoms with Gasteiger partial charge >= 0.3 is 12.1 Å². The Kier molecular flexibility index (Phi) is 7.55. The van der Waals surface area contributed by atoms with Gasteiger partial charge in [0.25, 0.3) is 5.89 Å². The van der Waals surface area contributed by atoms with Gasteiger partial charge in [-0.15, -0.1) is 5.10 Å². The molecular formula is C26H27ClN8O3. The molecule has 4 aromatic heterocycles. The number of halogens is 1. The van der Waals surface area contributed by atoms with Crippen LogP contribution >= 0.6 is 11.6 Å². The quantitative estimate of drug-likeness (QED) is 0.191. The molecule has 0 aliphatic heterocycles. The van der Waals surface area contributed by atoms with E-state index in [0.717, 1.165) is 16.5 Å². The monoisotopic (exact) mass is 534 g/mol. The van der Waals surface area contributed by atoms with E-state index in [-0.39, 0.29) is 11.0 Å². The van der Waals surface area contributed by atoms with Gasteiger partial charge in [-0.1, -0.05) is 55.2 Å². The lowest BCUT2D eigenvalue weighted by Crippen LogP contribution is -2.07. The fraction of sp³-hybridized carbons (Fsp3) is 0.269.